The molecular formula is C13H18F2N2O2. The Bertz CT molecular complexity index is 464. The molecule has 1 unspecified atom stereocenters. The fraction of sp³-hybridized carbons (Fsp3) is 0.462. The second-order valence-corrected chi connectivity index (χ2v) is 4.61. The second kappa shape index (κ2) is 6.58. The molecule has 1 rings (SSSR count). The number of rotatable bonds is 5. The van der Waals surface area contributed by atoms with Crippen LogP contribution in [0.25, 0.3) is 0 Å². The molecule has 0 saturated carbocycles. The van der Waals surface area contributed by atoms with Crippen LogP contribution in [0.3, 0.4) is 0 Å². The molecule has 3 N–H and O–H groups in total. The SMILES string of the molecule is CC(=O)Nc1cc(F)c(C(O)CNC(C)C)cc1F. The van der Waals surface area contributed by atoms with E-state index in [1.165, 1.54) is 6.92 Å². The first-order valence-corrected chi connectivity index (χ1v) is 5.99. The fourth-order valence-electron chi connectivity index (χ4n) is 1.56. The number of benzene rings is 1. The topological polar surface area (TPSA) is 61.4 Å². The highest BCUT2D eigenvalue weighted by molar-refractivity contribution is 5.88. The second-order valence-electron chi connectivity index (χ2n) is 4.61. The molecule has 0 heterocycles. The largest absolute Gasteiger partial charge is 0.387 e. The van der Waals surface area contributed by atoms with Crippen LogP contribution >= 0.6 is 0 Å². The first-order chi connectivity index (χ1) is 8.81. The van der Waals surface area contributed by atoms with Gasteiger partial charge in [-0.15, -0.1) is 0 Å². The summed E-state index contributed by atoms with van der Waals surface area (Å²) >= 11 is 0. The van der Waals surface area contributed by atoms with E-state index in [-0.39, 0.29) is 23.8 Å². The normalized spacial score (nSPS) is 12.6. The smallest absolute Gasteiger partial charge is 0.221 e. The zero-order valence-electron chi connectivity index (χ0n) is 11.1. The van der Waals surface area contributed by atoms with Gasteiger partial charge >= 0.3 is 0 Å². The number of hydrogen-bond acceptors (Lipinski definition) is 3. The lowest BCUT2D eigenvalue weighted by atomic mass is 10.1. The molecule has 1 aromatic carbocycles. The number of halogens is 2. The number of amides is 1. The van der Waals surface area contributed by atoms with Gasteiger partial charge < -0.3 is 15.7 Å². The van der Waals surface area contributed by atoms with Crippen LogP contribution < -0.4 is 10.6 Å². The van der Waals surface area contributed by atoms with Crippen LogP contribution in [0.4, 0.5) is 14.5 Å². The molecule has 0 aliphatic heterocycles. The van der Waals surface area contributed by atoms with Crippen LogP contribution in [-0.2, 0) is 4.79 Å². The monoisotopic (exact) mass is 272 g/mol. The van der Waals surface area contributed by atoms with Crippen LogP contribution in [0, 0.1) is 11.6 Å². The minimum Gasteiger partial charge on any atom is -0.387 e. The van der Waals surface area contributed by atoms with Gasteiger partial charge in [-0.05, 0) is 6.07 Å². The highest BCUT2D eigenvalue weighted by Gasteiger charge is 2.17. The van der Waals surface area contributed by atoms with Crippen LogP contribution in [0.1, 0.15) is 32.4 Å². The van der Waals surface area contributed by atoms with E-state index >= 15 is 0 Å². The molecule has 0 spiro atoms. The Hall–Kier alpha value is -1.53. The number of hydrogen-bond donors (Lipinski definition) is 3. The van der Waals surface area contributed by atoms with E-state index < -0.39 is 23.6 Å². The molecule has 0 aliphatic rings. The van der Waals surface area contributed by atoms with E-state index in [0.29, 0.717) is 0 Å². The fourth-order valence-corrected chi connectivity index (χ4v) is 1.56. The quantitative estimate of drug-likeness (QED) is 0.768. The van der Waals surface area contributed by atoms with Crippen molar-refractivity contribution >= 4 is 11.6 Å². The number of aliphatic hydroxyl groups is 1. The molecule has 1 amide bonds. The molecule has 0 aromatic heterocycles. The van der Waals surface area contributed by atoms with Crippen molar-refractivity contribution in [3.63, 3.8) is 0 Å². The molecule has 1 aromatic rings. The van der Waals surface area contributed by atoms with Gasteiger partial charge in [-0.2, -0.15) is 0 Å². The summed E-state index contributed by atoms with van der Waals surface area (Å²) < 4.78 is 27.4. The molecule has 0 fully saturated rings. The molecular weight excluding hydrogens is 254 g/mol. The zero-order valence-corrected chi connectivity index (χ0v) is 11.1. The van der Waals surface area contributed by atoms with Crippen molar-refractivity contribution in [2.24, 2.45) is 0 Å². The van der Waals surface area contributed by atoms with Crippen LogP contribution in [0.2, 0.25) is 0 Å². The maximum absolute atomic E-state index is 13.7. The van der Waals surface area contributed by atoms with Gasteiger partial charge in [0, 0.05) is 31.1 Å². The van der Waals surface area contributed by atoms with Gasteiger partial charge in [0.1, 0.15) is 11.6 Å². The van der Waals surface area contributed by atoms with Gasteiger partial charge in [-0.3, -0.25) is 4.79 Å². The van der Waals surface area contributed by atoms with Gasteiger partial charge in [-0.25, -0.2) is 8.78 Å². The number of aliphatic hydroxyl groups excluding tert-OH is 1. The molecule has 1 atom stereocenters. The van der Waals surface area contributed by atoms with Gasteiger partial charge in [0.25, 0.3) is 0 Å². The van der Waals surface area contributed by atoms with Crippen LogP contribution in [0.5, 0.6) is 0 Å². The van der Waals surface area contributed by atoms with Crippen molar-refractivity contribution in [2.45, 2.75) is 32.9 Å². The molecule has 106 valence electrons. The zero-order chi connectivity index (χ0) is 14.6. The number of anilines is 1. The summed E-state index contributed by atoms with van der Waals surface area (Å²) in [5.41, 5.74) is -0.377. The molecule has 19 heavy (non-hydrogen) atoms. The standard InChI is InChI=1S/C13H18F2N2O2/c1-7(2)16-6-13(19)9-4-11(15)12(5-10(9)14)17-8(3)18/h4-5,7,13,16,19H,6H2,1-3H3,(H,17,18). The van der Waals surface area contributed by atoms with Crippen molar-refractivity contribution < 1.29 is 18.7 Å². The molecule has 0 radical (unpaired) electrons. The lowest BCUT2D eigenvalue weighted by molar-refractivity contribution is -0.114. The summed E-state index contributed by atoms with van der Waals surface area (Å²) in [6, 6.07) is 1.89. The van der Waals surface area contributed by atoms with Gasteiger partial charge in [0.2, 0.25) is 5.91 Å². The third-order valence-corrected chi connectivity index (χ3v) is 2.48. The average molecular weight is 272 g/mol. The lowest BCUT2D eigenvalue weighted by Crippen LogP contribution is -2.28. The van der Waals surface area contributed by atoms with Crippen molar-refractivity contribution in [2.75, 3.05) is 11.9 Å². The van der Waals surface area contributed by atoms with Crippen molar-refractivity contribution in [1.29, 1.82) is 0 Å². The predicted octanol–water partition coefficient (Wildman–Crippen LogP) is 1.95. The number of nitrogens with one attached hydrogen (secondary N) is 2. The third-order valence-electron chi connectivity index (χ3n) is 2.48. The Kier molecular flexibility index (Phi) is 5.38. The molecule has 6 heteroatoms. The van der Waals surface area contributed by atoms with Crippen molar-refractivity contribution in [3.05, 3.63) is 29.3 Å². The number of carbonyl (C=O) groups is 1. The van der Waals surface area contributed by atoms with E-state index in [1.54, 1.807) is 0 Å². The summed E-state index contributed by atoms with van der Waals surface area (Å²) in [6.07, 6.45) is -1.15. The average Bonchev–Trinajstić information content (AvgIpc) is 2.29. The minimum atomic E-state index is -1.15. The summed E-state index contributed by atoms with van der Waals surface area (Å²) in [5, 5.41) is 14.9. The van der Waals surface area contributed by atoms with Crippen LogP contribution in [0.15, 0.2) is 12.1 Å². The summed E-state index contributed by atoms with van der Waals surface area (Å²) in [7, 11) is 0. The highest BCUT2D eigenvalue weighted by atomic mass is 19.1. The van der Waals surface area contributed by atoms with E-state index in [4.69, 9.17) is 0 Å². The Balaban J connectivity index is 2.91. The summed E-state index contributed by atoms with van der Waals surface area (Å²) in [4.78, 5) is 10.8. The first kappa shape index (κ1) is 15.5. The van der Waals surface area contributed by atoms with E-state index in [1.807, 2.05) is 13.8 Å². The van der Waals surface area contributed by atoms with Crippen LogP contribution in [-0.4, -0.2) is 23.6 Å². The van der Waals surface area contributed by atoms with Gasteiger partial charge in [0.15, 0.2) is 0 Å². The molecule has 4 nitrogen and oxygen atoms in total. The van der Waals surface area contributed by atoms with E-state index in [2.05, 4.69) is 10.6 Å². The lowest BCUT2D eigenvalue weighted by Gasteiger charge is -2.16. The Labute approximate surface area is 110 Å². The molecule has 0 saturated heterocycles. The summed E-state index contributed by atoms with van der Waals surface area (Å²) in [5.74, 6) is -2.04. The molecule has 0 aliphatic carbocycles. The maximum atomic E-state index is 13.7. The predicted molar refractivity (Wildman–Crippen MR) is 68.8 cm³/mol. The van der Waals surface area contributed by atoms with Crippen molar-refractivity contribution in [3.8, 4) is 0 Å². The van der Waals surface area contributed by atoms with Gasteiger partial charge in [-0.1, -0.05) is 13.8 Å². The Morgan fingerprint density at radius 1 is 1.32 bits per heavy atom. The maximum Gasteiger partial charge on any atom is 0.221 e. The number of carbonyl (C=O) groups excluding carboxylic acids is 1. The van der Waals surface area contributed by atoms with E-state index in [9.17, 15) is 18.7 Å². The van der Waals surface area contributed by atoms with Gasteiger partial charge in [0.05, 0.1) is 11.8 Å². The molecule has 0 bridgehead atoms. The van der Waals surface area contributed by atoms with E-state index in [0.717, 1.165) is 12.1 Å². The first-order valence-electron chi connectivity index (χ1n) is 5.99. The highest BCUT2D eigenvalue weighted by Crippen LogP contribution is 2.24. The summed E-state index contributed by atoms with van der Waals surface area (Å²) in [6.45, 7) is 5.08. The minimum absolute atomic E-state index is 0.119. The Morgan fingerprint density at radius 2 is 1.95 bits per heavy atom. The van der Waals surface area contributed by atoms with Crippen molar-refractivity contribution in [1.82, 2.24) is 5.32 Å². The third kappa shape index (κ3) is 4.57. The Morgan fingerprint density at radius 3 is 2.47 bits per heavy atom.